The molecular formula is C45H50Cl4N8O6Sn2. The third-order valence-electron chi connectivity index (χ3n) is 7.23. The minimum absolute atomic E-state index is 0.0351. The number of aromatic nitrogens is 8. The van der Waals surface area contributed by atoms with Crippen LogP contribution in [0.25, 0.3) is 21.8 Å². The van der Waals surface area contributed by atoms with Crippen molar-refractivity contribution < 1.29 is 28.6 Å². The van der Waals surface area contributed by atoms with Gasteiger partial charge in [-0.05, 0) is 84.2 Å². The van der Waals surface area contributed by atoms with Crippen LogP contribution in [-0.4, -0.2) is 119 Å². The Balaban J connectivity index is 0.000000293. The summed E-state index contributed by atoms with van der Waals surface area (Å²) >= 11 is 21.8. The van der Waals surface area contributed by atoms with Crippen molar-refractivity contribution in [2.45, 2.75) is 48.9 Å². The van der Waals surface area contributed by atoms with E-state index in [1.807, 2.05) is 48.5 Å². The van der Waals surface area contributed by atoms with Crippen LogP contribution in [0, 0.1) is 6.92 Å². The van der Waals surface area contributed by atoms with Gasteiger partial charge in [0.05, 0.1) is 42.4 Å². The number of ether oxygens (including phenoxy) is 3. The van der Waals surface area contributed by atoms with Gasteiger partial charge in [-0.25, -0.2) is 44.3 Å². The van der Waals surface area contributed by atoms with Crippen molar-refractivity contribution in [1.82, 2.24) is 39.9 Å². The molecule has 2 radical (unpaired) electrons. The van der Waals surface area contributed by atoms with E-state index in [4.69, 9.17) is 46.4 Å². The average molecular weight is 1180 g/mol. The summed E-state index contributed by atoms with van der Waals surface area (Å²) in [6.45, 7) is 1.71. The number of esters is 3. The molecule has 5 aromatic heterocycles. The van der Waals surface area contributed by atoms with Crippen molar-refractivity contribution in [2.24, 2.45) is 0 Å². The van der Waals surface area contributed by atoms with Crippen molar-refractivity contribution in [1.29, 1.82) is 0 Å². The van der Waals surface area contributed by atoms with E-state index in [0.717, 1.165) is 32.9 Å². The summed E-state index contributed by atoms with van der Waals surface area (Å²) in [7, 11) is 3.92. The van der Waals surface area contributed by atoms with E-state index < -0.39 is 57.4 Å². The maximum atomic E-state index is 11.5. The second-order valence-corrected chi connectivity index (χ2v) is 32.8. The van der Waals surface area contributed by atoms with E-state index in [-0.39, 0.29) is 16.7 Å². The molecule has 0 bridgehead atoms. The number of carbonyl (C=O) groups is 3. The molecule has 5 heterocycles. The van der Waals surface area contributed by atoms with E-state index in [0.29, 0.717) is 39.7 Å². The zero-order valence-corrected chi connectivity index (χ0v) is 46.4. The number of hydrogen-bond donors (Lipinski definition) is 0. The van der Waals surface area contributed by atoms with Gasteiger partial charge in [-0.3, -0.25) is 9.97 Å². The molecule has 0 atom stereocenters. The Morgan fingerprint density at radius 1 is 0.538 bits per heavy atom. The summed E-state index contributed by atoms with van der Waals surface area (Å²) in [6.07, 6.45) is 8.23. The van der Waals surface area contributed by atoms with E-state index in [1.165, 1.54) is 51.9 Å². The SMILES string of the molecule is COC(=O)c1ccnc(C)n1.COC(=O)c1ccnc(Cc2ccc3ncc(Cl)cc3c2)n1.COC(=O)c1ccnc(Cl)n1.ClCc1ccc2ncc(Cl)cc2c1.[CH3][Sn]([CH3])[CH3].[CH3][Sn]([CH3])[CH3]. The molecule has 0 unspecified atom stereocenters. The van der Waals surface area contributed by atoms with Crippen LogP contribution in [0.15, 0.2) is 97.7 Å². The van der Waals surface area contributed by atoms with E-state index in [2.05, 4.69) is 83.7 Å². The summed E-state index contributed by atoms with van der Waals surface area (Å²) < 4.78 is 13.5. The summed E-state index contributed by atoms with van der Waals surface area (Å²) in [5, 5.41) is 3.26. The summed E-state index contributed by atoms with van der Waals surface area (Å²) in [4.78, 5) is 79.1. The Labute approximate surface area is 413 Å². The monoisotopic (exact) mass is 1180 g/mol. The van der Waals surface area contributed by atoms with Crippen molar-refractivity contribution in [3.8, 4) is 0 Å². The summed E-state index contributed by atoms with van der Waals surface area (Å²) in [5.74, 6) is 0.204. The predicted octanol–water partition coefficient (Wildman–Crippen LogP) is 10.9. The Kier molecular flexibility index (Phi) is 26.9. The number of aryl methyl sites for hydroxylation is 1. The van der Waals surface area contributed by atoms with Crippen LogP contribution < -0.4 is 0 Å². The molecule has 65 heavy (non-hydrogen) atoms. The molecule has 0 spiro atoms. The zero-order chi connectivity index (χ0) is 48.5. The number of pyridine rings is 2. The molecule has 0 saturated heterocycles. The van der Waals surface area contributed by atoms with E-state index >= 15 is 0 Å². The number of halogens is 4. The van der Waals surface area contributed by atoms with Crippen molar-refractivity contribution in [2.75, 3.05) is 21.3 Å². The molecule has 2 aromatic carbocycles. The van der Waals surface area contributed by atoms with Crippen LogP contribution in [0.3, 0.4) is 0 Å². The van der Waals surface area contributed by atoms with Crippen molar-refractivity contribution in [3.63, 3.8) is 0 Å². The first-order valence-corrected chi connectivity index (χ1v) is 38.2. The topological polar surface area (TPSA) is 182 Å². The third kappa shape index (κ3) is 22.6. The van der Waals surface area contributed by atoms with Gasteiger partial charge in [0.15, 0.2) is 17.1 Å². The van der Waals surface area contributed by atoms with Gasteiger partial charge in [-0.1, -0.05) is 35.3 Å². The Bertz CT molecular complexity index is 2540. The molecule has 7 rings (SSSR count). The first-order valence-electron chi connectivity index (χ1n) is 19.4. The van der Waals surface area contributed by atoms with E-state index in [1.54, 1.807) is 25.5 Å². The van der Waals surface area contributed by atoms with Crippen LogP contribution in [0.5, 0.6) is 0 Å². The van der Waals surface area contributed by atoms with E-state index in [9.17, 15) is 14.4 Å². The molecule has 20 heteroatoms. The number of benzene rings is 2. The molecule has 0 aliphatic rings. The van der Waals surface area contributed by atoms with Crippen molar-refractivity contribution in [3.05, 3.63) is 153 Å². The number of rotatable bonds is 6. The average Bonchev–Trinajstić information content (AvgIpc) is 3.28. The number of carbonyl (C=O) groups excluding carboxylic acids is 3. The minimum atomic E-state index is -0.543. The van der Waals surface area contributed by atoms with Gasteiger partial charge in [0.1, 0.15) is 11.6 Å². The van der Waals surface area contributed by atoms with Gasteiger partial charge in [0, 0.05) is 54.1 Å². The number of alkyl halides is 1. The Morgan fingerprint density at radius 3 is 1.40 bits per heavy atom. The molecular weight excluding hydrogens is 1130 g/mol. The number of fused-ring (bicyclic) bond motifs is 2. The first-order chi connectivity index (χ1) is 30.9. The van der Waals surface area contributed by atoms with Gasteiger partial charge in [0.25, 0.3) is 0 Å². The molecule has 7 aromatic rings. The molecule has 0 aliphatic carbocycles. The molecule has 0 aliphatic heterocycles. The van der Waals surface area contributed by atoms with Crippen LogP contribution >= 0.6 is 46.4 Å². The standard InChI is InChI=1S/C16H12ClN3O2.C10H7Cl2N.C7H8N2O2.C6H5ClN2O2.6CH3.2Sn/c1-22-16(21)14-4-5-18-15(20-14)7-10-2-3-13-11(6-10)8-12(17)9-19-13;11-5-7-1-2-10-8(3-7)4-9(12)6-13-10;1-5-8-4-3-6(9-5)7(10)11-2;1-11-5(10)4-2-3-8-6(7)9-4;;;;;;;;/h2-6,8-9H,7H2,1H3;1-4,6H,5H2;3-4H,1-2H3;2-3H,1H3;6*1H3;;. The van der Waals surface area contributed by atoms with Crippen LogP contribution in [0.2, 0.25) is 45.0 Å². The predicted molar refractivity (Wildman–Crippen MR) is 262 cm³/mol. The second kappa shape index (κ2) is 30.8. The second-order valence-electron chi connectivity index (χ2n) is 14.2. The van der Waals surface area contributed by atoms with Crippen LogP contribution in [0.4, 0.5) is 0 Å². The fraction of sp³-hybridized carbons (Fsp3) is 0.267. The summed E-state index contributed by atoms with van der Waals surface area (Å²) in [5.41, 5.74) is 4.61. The fourth-order valence-corrected chi connectivity index (χ4v) is 5.26. The molecule has 14 nitrogen and oxygen atoms in total. The van der Waals surface area contributed by atoms with Gasteiger partial charge in [-0.2, -0.15) is 0 Å². The molecule has 0 amide bonds. The molecule has 0 fully saturated rings. The third-order valence-corrected chi connectivity index (χ3v) is 8.14. The molecule has 0 saturated carbocycles. The van der Waals surface area contributed by atoms with Gasteiger partial charge < -0.3 is 14.2 Å². The molecule has 342 valence electrons. The normalized spacial score (nSPS) is 9.97. The van der Waals surface area contributed by atoms with Gasteiger partial charge >= 0.3 is 87.1 Å². The van der Waals surface area contributed by atoms with Crippen molar-refractivity contribution >= 4 is 126 Å². The zero-order valence-electron chi connectivity index (χ0n) is 37.7. The molecule has 0 N–H and O–H groups in total. The number of methoxy groups -OCH3 is 3. The number of nitrogens with zero attached hydrogens (tertiary/aromatic N) is 8. The van der Waals surface area contributed by atoms with Gasteiger partial charge in [0.2, 0.25) is 5.28 Å². The summed E-state index contributed by atoms with van der Waals surface area (Å²) in [6, 6.07) is 20.0. The Hall–Kier alpha value is -4.33. The number of hydrogen-bond acceptors (Lipinski definition) is 14. The first kappa shape index (κ1) is 56.8. The Morgan fingerprint density at radius 2 is 0.954 bits per heavy atom. The van der Waals surface area contributed by atoms with Crippen LogP contribution in [0.1, 0.15) is 54.2 Å². The quantitative estimate of drug-likeness (QED) is 0.0504. The fourth-order valence-electron chi connectivity index (χ4n) is 4.61. The maximum absolute atomic E-state index is 11.5. The van der Waals surface area contributed by atoms with Gasteiger partial charge in [-0.15, -0.1) is 11.6 Å². The van der Waals surface area contributed by atoms with Crippen LogP contribution in [-0.2, 0) is 26.5 Å².